The summed E-state index contributed by atoms with van der Waals surface area (Å²) < 4.78 is 5.53. The van der Waals surface area contributed by atoms with Crippen LogP contribution in [-0.4, -0.2) is 22.6 Å². The standard InChI is InChI=1S/C22H19N3O3/c1-13-7-8-14(2)20-19(13)21(22(27)23-20)25-24-18(26)12-28-17-10-9-15-5-3-4-6-16(15)11-17/h3-11,23,27H,12H2,1-2H3. The van der Waals surface area contributed by atoms with Crippen LogP contribution in [0.4, 0.5) is 5.69 Å². The van der Waals surface area contributed by atoms with Crippen LogP contribution in [0.25, 0.3) is 21.7 Å². The Morgan fingerprint density at radius 3 is 2.61 bits per heavy atom. The zero-order valence-electron chi connectivity index (χ0n) is 15.6. The van der Waals surface area contributed by atoms with Crippen molar-refractivity contribution in [2.24, 2.45) is 10.2 Å². The molecule has 0 saturated carbocycles. The highest BCUT2D eigenvalue weighted by Gasteiger charge is 2.14. The van der Waals surface area contributed by atoms with E-state index in [-0.39, 0.29) is 18.2 Å². The summed E-state index contributed by atoms with van der Waals surface area (Å²) >= 11 is 0. The monoisotopic (exact) mass is 373 g/mol. The van der Waals surface area contributed by atoms with E-state index in [0.717, 1.165) is 32.8 Å². The third-order valence-electron chi connectivity index (χ3n) is 4.67. The third-order valence-corrected chi connectivity index (χ3v) is 4.67. The van der Waals surface area contributed by atoms with Gasteiger partial charge in [-0.1, -0.05) is 42.5 Å². The second-order valence-electron chi connectivity index (χ2n) is 6.66. The van der Waals surface area contributed by atoms with Crippen LogP contribution in [0.3, 0.4) is 0 Å². The number of benzene rings is 3. The molecule has 0 spiro atoms. The van der Waals surface area contributed by atoms with Crippen LogP contribution in [0, 0.1) is 13.8 Å². The number of azo groups is 1. The van der Waals surface area contributed by atoms with Gasteiger partial charge in [-0.05, 0) is 47.9 Å². The first kappa shape index (κ1) is 17.7. The number of aromatic hydroxyl groups is 1. The lowest BCUT2D eigenvalue weighted by atomic mass is 10.1. The van der Waals surface area contributed by atoms with Crippen LogP contribution in [0.1, 0.15) is 11.1 Å². The van der Waals surface area contributed by atoms with Crippen LogP contribution in [0.15, 0.2) is 64.8 Å². The fourth-order valence-electron chi connectivity index (χ4n) is 3.21. The molecule has 0 bridgehead atoms. The molecule has 4 rings (SSSR count). The molecule has 4 aromatic rings. The molecule has 0 unspecified atom stereocenters. The minimum Gasteiger partial charge on any atom is -0.493 e. The molecule has 1 amide bonds. The fraction of sp³-hybridized carbons (Fsp3) is 0.136. The molecule has 0 radical (unpaired) electrons. The lowest BCUT2D eigenvalue weighted by Gasteiger charge is -2.04. The van der Waals surface area contributed by atoms with Crippen molar-refractivity contribution in [3.63, 3.8) is 0 Å². The van der Waals surface area contributed by atoms with Gasteiger partial charge < -0.3 is 14.8 Å². The van der Waals surface area contributed by atoms with Crippen molar-refractivity contribution in [3.8, 4) is 11.6 Å². The summed E-state index contributed by atoms with van der Waals surface area (Å²) in [6, 6.07) is 17.4. The summed E-state index contributed by atoms with van der Waals surface area (Å²) in [6.07, 6.45) is 0. The van der Waals surface area contributed by atoms with Crippen molar-refractivity contribution in [3.05, 3.63) is 65.7 Å². The molecule has 3 aromatic carbocycles. The maximum atomic E-state index is 12.1. The van der Waals surface area contributed by atoms with Crippen molar-refractivity contribution in [1.82, 2.24) is 4.98 Å². The zero-order valence-corrected chi connectivity index (χ0v) is 15.6. The van der Waals surface area contributed by atoms with Crippen molar-refractivity contribution >= 4 is 33.3 Å². The van der Waals surface area contributed by atoms with E-state index >= 15 is 0 Å². The van der Waals surface area contributed by atoms with E-state index in [1.54, 1.807) is 0 Å². The minimum absolute atomic E-state index is 0.112. The van der Waals surface area contributed by atoms with Gasteiger partial charge in [-0.25, -0.2) is 0 Å². The van der Waals surface area contributed by atoms with E-state index in [2.05, 4.69) is 15.2 Å². The third kappa shape index (κ3) is 3.32. The van der Waals surface area contributed by atoms with Crippen LogP contribution < -0.4 is 4.74 Å². The normalized spacial score (nSPS) is 11.5. The number of hydrogen-bond acceptors (Lipinski definition) is 4. The highest BCUT2D eigenvalue weighted by atomic mass is 16.5. The molecule has 140 valence electrons. The van der Waals surface area contributed by atoms with Gasteiger partial charge in [-0.3, -0.25) is 4.79 Å². The van der Waals surface area contributed by atoms with Gasteiger partial charge in [0.15, 0.2) is 12.3 Å². The summed E-state index contributed by atoms with van der Waals surface area (Å²) in [7, 11) is 0. The summed E-state index contributed by atoms with van der Waals surface area (Å²) in [5.74, 6) is -0.0599. The first-order valence-corrected chi connectivity index (χ1v) is 8.90. The molecule has 2 N–H and O–H groups in total. The number of aromatic nitrogens is 1. The predicted molar refractivity (Wildman–Crippen MR) is 108 cm³/mol. The quantitative estimate of drug-likeness (QED) is 0.474. The predicted octanol–water partition coefficient (Wildman–Crippen LogP) is 5.33. The van der Waals surface area contributed by atoms with Crippen LogP contribution in [0.5, 0.6) is 11.6 Å². The van der Waals surface area contributed by atoms with Gasteiger partial charge >= 0.3 is 5.91 Å². The van der Waals surface area contributed by atoms with Crippen molar-refractivity contribution in [2.45, 2.75) is 13.8 Å². The van der Waals surface area contributed by atoms with Gasteiger partial charge in [0.1, 0.15) is 5.75 Å². The molecule has 28 heavy (non-hydrogen) atoms. The highest BCUT2D eigenvalue weighted by molar-refractivity contribution is 5.98. The second-order valence-corrected chi connectivity index (χ2v) is 6.66. The number of fused-ring (bicyclic) bond motifs is 2. The maximum absolute atomic E-state index is 12.1. The molecule has 1 heterocycles. The number of carbonyl (C=O) groups is 1. The average Bonchev–Trinajstić information content (AvgIpc) is 3.05. The molecule has 0 aliphatic rings. The summed E-state index contributed by atoms with van der Waals surface area (Å²) in [4.78, 5) is 15.0. The number of nitrogens with one attached hydrogen (secondary N) is 1. The first-order chi connectivity index (χ1) is 13.5. The number of amides is 1. The maximum Gasteiger partial charge on any atom is 0.302 e. The number of aromatic amines is 1. The molecule has 0 aliphatic carbocycles. The Morgan fingerprint density at radius 2 is 1.79 bits per heavy atom. The van der Waals surface area contributed by atoms with Gasteiger partial charge in [-0.15, -0.1) is 10.2 Å². The van der Waals surface area contributed by atoms with Gasteiger partial charge in [-0.2, -0.15) is 0 Å². The van der Waals surface area contributed by atoms with Gasteiger partial charge in [0.05, 0.1) is 5.52 Å². The molecule has 0 saturated heterocycles. The van der Waals surface area contributed by atoms with E-state index in [0.29, 0.717) is 5.75 Å². The molecular weight excluding hydrogens is 354 g/mol. The van der Waals surface area contributed by atoms with Crippen molar-refractivity contribution < 1.29 is 14.6 Å². The Balaban J connectivity index is 1.50. The Kier molecular flexibility index (Phi) is 4.53. The number of hydrogen-bond donors (Lipinski definition) is 2. The zero-order chi connectivity index (χ0) is 19.7. The average molecular weight is 373 g/mol. The Labute approximate surface area is 161 Å². The van der Waals surface area contributed by atoms with E-state index in [1.807, 2.05) is 68.4 Å². The molecule has 0 aliphatic heterocycles. The number of H-pyrrole nitrogens is 1. The molecule has 0 fully saturated rings. The molecule has 1 aromatic heterocycles. The molecule has 0 atom stereocenters. The van der Waals surface area contributed by atoms with Crippen molar-refractivity contribution in [1.29, 1.82) is 0 Å². The molecule has 6 nitrogen and oxygen atoms in total. The number of ether oxygens (including phenoxy) is 1. The van der Waals surface area contributed by atoms with E-state index in [1.165, 1.54) is 0 Å². The number of rotatable bonds is 4. The van der Waals surface area contributed by atoms with E-state index in [9.17, 15) is 9.90 Å². The smallest absolute Gasteiger partial charge is 0.302 e. The summed E-state index contributed by atoms with van der Waals surface area (Å²) in [5.41, 5.74) is 2.95. The topological polar surface area (TPSA) is 87.0 Å². The van der Waals surface area contributed by atoms with Gasteiger partial charge in [0.25, 0.3) is 0 Å². The largest absolute Gasteiger partial charge is 0.493 e. The highest BCUT2D eigenvalue weighted by Crippen LogP contribution is 2.38. The number of nitrogens with zero attached hydrogens (tertiary/aromatic N) is 2. The summed E-state index contributed by atoms with van der Waals surface area (Å²) in [5, 5.41) is 20.7. The summed E-state index contributed by atoms with van der Waals surface area (Å²) in [6.45, 7) is 3.61. The molecular formula is C22H19N3O3. The first-order valence-electron chi connectivity index (χ1n) is 8.90. The Hall–Kier alpha value is -3.67. The SMILES string of the molecule is Cc1ccc(C)c2c(N=NC(=O)COc3ccc4ccccc4c3)c(O)[nH]c12. The Morgan fingerprint density at radius 1 is 1.04 bits per heavy atom. The minimum atomic E-state index is -0.535. The molecule has 6 heteroatoms. The fourth-order valence-corrected chi connectivity index (χ4v) is 3.21. The Bertz CT molecular complexity index is 1220. The van der Waals surface area contributed by atoms with Crippen LogP contribution in [0.2, 0.25) is 0 Å². The van der Waals surface area contributed by atoms with E-state index < -0.39 is 5.91 Å². The number of aryl methyl sites for hydroxylation is 2. The van der Waals surface area contributed by atoms with Gasteiger partial charge in [0.2, 0.25) is 5.88 Å². The second kappa shape index (κ2) is 7.15. The van der Waals surface area contributed by atoms with Gasteiger partial charge in [0, 0.05) is 5.39 Å². The van der Waals surface area contributed by atoms with Crippen molar-refractivity contribution in [2.75, 3.05) is 6.61 Å². The number of carbonyl (C=O) groups excluding carboxylic acids is 1. The van der Waals surface area contributed by atoms with Crippen LogP contribution in [-0.2, 0) is 4.79 Å². The van der Waals surface area contributed by atoms with E-state index in [4.69, 9.17) is 4.74 Å². The lowest BCUT2D eigenvalue weighted by molar-refractivity contribution is -0.120. The van der Waals surface area contributed by atoms with Crippen LogP contribution >= 0.6 is 0 Å². The lowest BCUT2D eigenvalue weighted by Crippen LogP contribution is -2.07.